The number of aliphatic hydroxyl groups is 1. The van der Waals surface area contributed by atoms with E-state index in [9.17, 15) is 5.11 Å². The second-order valence-corrected chi connectivity index (χ2v) is 7.14. The van der Waals surface area contributed by atoms with E-state index in [2.05, 4.69) is 0 Å². The van der Waals surface area contributed by atoms with Gasteiger partial charge in [-0.2, -0.15) is 0 Å². The molecular formula is C21H22O5. The standard InChI is InChI=1S/C21H22O5/c1-21(2)20(22)9-13-5-12-8-17(25-18(12)11-19(13)26-21)14-6-15(23-3)10-16(7-14)24-4/h5-8,10-11,20,22H,9H2,1-4H3/t20-/m1/s1. The highest BCUT2D eigenvalue weighted by atomic mass is 16.5. The van der Waals surface area contributed by atoms with E-state index in [0.29, 0.717) is 17.9 Å². The first-order valence-electron chi connectivity index (χ1n) is 8.56. The zero-order valence-electron chi connectivity index (χ0n) is 15.3. The Bertz CT molecular complexity index is 948. The summed E-state index contributed by atoms with van der Waals surface area (Å²) in [6.07, 6.45) is 0.0210. The predicted octanol–water partition coefficient (Wildman–Crippen LogP) is 4.19. The summed E-state index contributed by atoms with van der Waals surface area (Å²) in [4.78, 5) is 0. The maximum absolute atomic E-state index is 10.3. The van der Waals surface area contributed by atoms with Crippen LogP contribution < -0.4 is 14.2 Å². The number of fused-ring (bicyclic) bond motifs is 2. The van der Waals surface area contributed by atoms with Crippen molar-refractivity contribution in [3.63, 3.8) is 0 Å². The Kier molecular flexibility index (Phi) is 3.84. The number of hydrogen-bond acceptors (Lipinski definition) is 5. The number of methoxy groups -OCH3 is 2. The van der Waals surface area contributed by atoms with E-state index in [4.69, 9.17) is 18.6 Å². The van der Waals surface area contributed by atoms with E-state index >= 15 is 0 Å². The van der Waals surface area contributed by atoms with E-state index in [0.717, 1.165) is 33.6 Å². The lowest BCUT2D eigenvalue weighted by atomic mass is 9.90. The molecule has 0 bridgehead atoms. The zero-order valence-corrected chi connectivity index (χ0v) is 15.3. The van der Waals surface area contributed by atoms with Crippen molar-refractivity contribution in [2.24, 2.45) is 0 Å². The molecule has 5 nitrogen and oxygen atoms in total. The van der Waals surface area contributed by atoms with Gasteiger partial charge < -0.3 is 23.7 Å². The summed E-state index contributed by atoms with van der Waals surface area (Å²) in [5.41, 5.74) is 1.99. The average molecular weight is 354 g/mol. The minimum absolute atomic E-state index is 0.540. The Morgan fingerprint density at radius 3 is 2.35 bits per heavy atom. The van der Waals surface area contributed by atoms with Gasteiger partial charge in [0.1, 0.15) is 34.2 Å². The lowest BCUT2D eigenvalue weighted by Crippen LogP contribution is -2.46. The molecule has 0 saturated heterocycles. The van der Waals surface area contributed by atoms with Gasteiger partial charge in [0.25, 0.3) is 0 Å². The second kappa shape index (κ2) is 5.95. The maximum atomic E-state index is 10.3. The van der Waals surface area contributed by atoms with Crippen molar-refractivity contribution in [2.45, 2.75) is 32.0 Å². The predicted molar refractivity (Wildman–Crippen MR) is 99.2 cm³/mol. The second-order valence-electron chi connectivity index (χ2n) is 7.14. The molecule has 0 saturated carbocycles. The van der Waals surface area contributed by atoms with Gasteiger partial charge in [0.15, 0.2) is 0 Å². The summed E-state index contributed by atoms with van der Waals surface area (Å²) in [5.74, 6) is 2.89. The van der Waals surface area contributed by atoms with E-state index < -0.39 is 11.7 Å². The van der Waals surface area contributed by atoms with Gasteiger partial charge in [-0.05, 0) is 43.7 Å². The number of furan rings is 1. The normalized spacial score (nSPS) is 18.3. The highest BCUT2D eigenvalue weighted by Gasteiger charge is 2.36. The fourth-order valence-corrected chi connectivity index (χ4v) is 3.27. The number of aliphatic hydroxyl groups excluding tert-OH is 1. The van der Waals surface area contributed by atoms with Crippen LogP contribution in [0.3, 0.4) is 0 Å². The van der Waals surface area contributed by atoms with Crippen molar-refractivity contribution in [3.05, 3.63) is 42.0 Å². The van der Waals surface area contributed by atoms with Gasteiger partial charge >= 0.3 is 0 Å². The first-order valence-corrected chi connectivity index (χ1v) is 8.56. The zero-order chi connectivity index (χ0) is 18.5. The Morgan fingerprint density at radius 2 is 1.69 bits per heavy atom. The average Bonchev–Trinajstić information content (AvgIpc) is 3.03. The molecule has 0 amide bonds. The molecule has 0 fully saturated rings. The number of hydrogen-bond donors (Lipinski definition) is 1. The summed E-state index contributed by atoms with van der Waals surface area (Å²) >= 11 is 0. The minimum atomic E-state index is -0.615. The smallest absolute Gasteiger partial charge is 0.138 e. The molecule has 26 heavy (non-hydrogen) atoms. The van der Waals surface area contributed by atoms with Crippen LogP contribution in [0.1, 0.15) is 19.4 Å². The van der Waals surface area contributed by atoms with E-state index in [1.165, 1.54) is 0 Å². The molecule has 0 radical (unpaired) electrons. The van der Waals surface area contributed by atoms with E-state index in [1.807, 2.05) is 50.2 Å². The maximum Gasteiger partial charge on any atom is 0.138 e. The van der Waals surface area contributed by atoms with Crippen LogP contribution in [0.25, 0.3) is 22.3 Å². The molecule has 3 aromatic rings. The lowest BCUT2D eigenvalue weighted by molar-refractivity contribution is -0.0410. The fraction of sp³-hybridized carbons (Fsp3) is 0.333. The van der Waals surface area contributed by atoms with Crippen LogP contribution in [-0.2, 0) is 6.42 Å². The van der Waals surface area contributed by atoms with E-state index in [1.54, 1.807) is 14.2 Å². The van der Waals surface area contributed by atoms with Crippen molar-refractivity contribution >= 4 is 11.0 Å². The molecule has 136 valence electrons. The molecular weight excluding hydrogens is 332 g/mol. The molecule has 0 spiro atoms. The Hall–Kier alpha value is -2.66. The topological polar surface area (TPSA) is 61.1 Å². The molecule has 4 rings (SSSR count). The Labute approximate surface area is 152 Å². The molecule has 5 heteroatoms. The van der Waals surface area contributed by atoms with Gasteiger partial charge in [-0.25, -0.2) is 0 Å². The van der Waals surface area contributed by atoms with E-state index in [-0.39, 0.29) is 0 Å². The first-order chi connectivity index (χ1) is 12.4. The largest absolute Gasteiger partial charge is 0.497 e. The molecule has 0 unspecified atom stereocenters. The highest BCUT2D eigenvalue weighted by Crippen LogP contribution is 2.39. The van der Waals surface area contributed by atoms with Gasteiger partial charge in [0, 0.05) is 29.5 Å². The van der Waals surface area contributed by atoms with Crippen LogP contribution in [0, 0.1) is 0 Å². The van der Waals surface area contributed by atoms with Crippen molar-refractivity contribution in [3.8, 4) is 28.6 Å². The van der Waals surface area contributed by atoms with Crippen molar-refractivity contribution in [1.29, 1.82) is 0 Å². The van der Waals surface area contributed by atoms with Gasteiger partial charge in [0.05, 0.1) is 20.3 Å². The Morgan fingerprint density at radius 1 is 1.00 bits per heavy atom. The van der Waals surface area contributed by atoms with Crippen LogP contribution in [0.15, 0.2) is 40.8 Å². The van der Waals surface area contributed by atoms with Gasteiger partial charge in [-0.15, -0.1) is 0 Å². The lowest BCUT2D eigenvalue weighted by Gasteiger charge is -2.36. The van der Waals surface area contributed by atoms with Crippen LogP contribution in [0.2, 0.25) is 0 Å². The van der Waals surface area contributed by atoms with Crippen molar-refractivity contribution in [2.75, 3.05) is 14.2 Å². The minimum Gasteiger partial charge on any atom is -0.497 e. The summed E-state index contributed by atoms with van der Waals surface area (Å²) in [5, 5.41) is 11.2. The quantitative estimate of drug-likeness (QED) is 0.764. The SMILES string of the molecule is COc1cc(OC)cc(-c2cc3cc4c(cc3o2)OC(C)(C)[C@H](O)C4)c1. The number of benzene rings is 2. The van der Waals surface area contributed by atoms with Crippen LogP contribution in [-0.4, -0.2) is 31.0 Å². The van der Waals surface area contributed by atoms with Crippen LogP contribution >= 0.6 is 0 Å². The molecule has 1 atom stereocenters. The number of ether oxygens (including phenoxy) is 3. The molecule has 2 heterocycles. The summed E-state index contributed by atoms with van der Waals surface area (Å²) in [7, 11) is 3.24. The summed E-state index contributed by atoms with van der Waals surface area (Å²) in [6, 6.07) is 11.5. The van der Waals surface area contributed by atoms with Gasteiger partial charge in [-0.3, -0.25) is 0 Å². The Balaban J connectivity index is 1.80. The third-order valence-corrected chi connectivity index (χ3v) is 4.92. The fourth-order valence-electron chi connectivity index (χ4n) is 3.27. The molecule has 1 aliphatic rings. The first kappa shape index (κ1) is 16.8. The number of rotatable bonds is 3. The molecule has 0 aliphatic carbocycles. The third kappa shape index (κ3) is 2.78. The molecule has 2 aromatic carbocycles. The van der Waals surface area contributed by atoms with Crippen molar-refractivity contribution in [1.82, 2.24) is 0 Å². The molecule has 1 N–H and O–H groups in total. The molecule has 1 aliphatic heterocycles. The van der Waals surface area contributed by atoms with Crippen LogP contribution in [0.5, 0.6) is 17.2 Å². The summed E-state index contributed by atoms with van der Waals surface area (Å²) < 4.78 is 22.7. The highest BCUT2D eigenvalue weighted by molar-refractivity contribution is 5.85. The van der Waals surface area contributed by atoms with Crippen LogP contribution in [0.4, 0.5) is 0 Å². The van der Waals surface area contributed by atoms with Gasteiger partial charge in [0.2, 0.25) is 0 Å². The summed E-state index contributed by atoms with van der Waals surface area (Å²) in [6.45, 7) is 3.78. The third-order valence-electron chi connectivity index (χ3n) is 4.92. The van der Waals surface area contributed by atoms with Crippen molar-refractivity contribution < 1.29 is 23.7 Å². The molecule has 1 aromatic heterocycles. The monoisotopic (exact) mass is 354 g/mol. The van der Waals surface area contributed by atoms with Gasteiger partial charge in [-0.1, -0.05) is 0 Å².